The minimum Gasteiger partial charge on any atom is -0.326 e. The smallest absolute Gasteiger partial charge is 0.150 e. The molecule has 0 aliphatic heterocycles. The molecule has 0 radical (unpaired) electrons. The highest BCUT2D eigenvalue weighted by Crippen LogP contribution is 2.10. The Morgan fingerprint density at radius 2 is 2.00 bits per heavy atom. The number of anilines is 2. The molecular formula is C10H11N5. The summed E-state index contributed by atoms with van der Waals surface area (Å²) in [6.45, 7) is 0.498. The van der Waals surface area contributed by atoms with Crippen LogP contribution in [0.3, 0.4) is 0 Å². The zero-order valence-electron chi connectivity index (χ0n) is 8.09. The van der Waals surface area contributed by atoms with Crippen molar-refractivity contribution in [2.24, 2.45) is 5.73 Å². The van der Waals surface area contributed by atoms with E-state index in [1.54, 1.807) is 24.8 Å². The van der Waals surface area contributed by atoms with Crippen LogP contribution in [0.4, 0.5) is 11.6 Å². The molecule has 76 valence electrons. The maximum Gasteiger partial charge on any atom is 0.150 e. The van der Waals surface area contributed by atoms with Crippen LogP contribution >= 0.6 is 0 Å². The molecule has 15 heavy (non-hydrogen) atoms. The van der Waals surface area contributed by atoms with Gasteiger partial charge in [-0.1, -0.05) is 6.07 Å². The monoisotopic (exact) mass is 201 g/mol. The number of rotatable bonds is 3. The highest BCUT2D eigenvalue weighted by atomic mass is 15.1. The van der Waals surface area contributed by atoms with Crippen molar-refractivity contribution in [2.45, 2.75) is 6.54 Å². The molecule has 2 aromatic rings. The Kier molecular flexibility index (Phi) is 2.85. The quantitative estimate of drug-likeness (QED) is 0.776. The second kappa shape index (κ2) is 4.47. The fourth-order valence-corrected chi connectivity index (χ4v) is 1.11. The second-order valence-electron chi connectivity index (χ2n) is 2.97. The van der Waals surface area contributed by atoms with E-state index in [9.17, 15) is 0 Å². The van der Waals surface area contributed by atoms with E-state index in [2.05, 4.69) is 20.3 Å². The van der Waals surface area contributed by atoms with Crippen molar-refractivity contribution in [1.29, 1.82) is 0 Å². The first kappa shape index (κ1) is 9.54. The zero-order chi connectivity index (χ0) is 10.5. The third-order valence-corrected chi connectivity index (χ3v) is 1.88. The maximum absolute atomic E-state index is 5.47. The zero-order valence-corrected chi connectivity index (χ0v) is 8.09. The molecule has 5 nitrogen and oxygen atoms in total. The summed E-state index contributed by atoms with van der Waals surface area (Å²) < 4.78 is 0. The third-order valence-electron chi connectivity index (χ3n) is 1.88. The molecule has 0 saturated heterocycles. The summed E-state index contributed by atoms with van der Waals surface area (Å²) in [6.07, 6.45) is 6.62. The normalized spacial score (nSPS) is 9.93. The molecule has 5 heteroatoms. The molecule has 0 fully saturated rings. The van der Waals surface area contributed by atoms with Gasteiger partial charge >= 0.3 is 0 Å². The number of nitrogens with zero attached hydrogens (tertiary/aromatic N) is 3. The predicted octanol–water partition coefficient (Wildman–Crippen LogP) is 1.07. The summed E-state index contributed by atoms with van der Waals surface area (Å²) >= 11 is 0. The molecule has 0 amide bonds. The van der Waals surface area contributed by atoms with Crippen LogP contribution in [0.2, 0.25) is 0 Å². The van der Waals surface area contributed by atoms with Gasteiger partial charge in [0, 0.05) is 25.1 Å². The SMILES string of the molecule is NCc1ccc(Nc2cnccn2)nc1. The van der Waals surface area contributed by atoms with E-state index in [-0.39, 0.29) is 0 Å². The van der Waals surface area contributed by atoms with Crippen LogP contribution in [0.1, 0.15) is 5.56 Å². The molecule has 0 aliphatic carbocycles. The summed E-state index contributed by atoms with van der Waals surface area (Å²) in [5, 5.41) is 3.03. The molecule has 2 aromatic heterocycles. The standard InChI is InChI=1S/C10H11N5/c11-5-8-1-2-9(14-6-8)15-10-7-12-3-4-13-10/h1-4,6-7H,5,11H2,(H,13,14,15). The van der Waals surface area contributed by atoms with Gasteiger partial charge in [-0.3, -0.25) is 4.98 Å². The van der Waals surface area contributed by atoms with Gasteiger partial charge in [-0.25, -0.2) is 9.97 Å². The average Bonchev–Trinajstić information content (AvgIpc) is 2.31. The largest absolute Gasteiger partial charge is 0.326 e. The van der Waals surface area contributed by atoms with Gasteiger partial charge in [-0.05, 0) is 11.6 Å². The van der Waals surface area contributed by atoms with Gasteiger partial charge in [0.15, 0.2) is 0 Å². The summed E-state index contributed by atoms with van der Waals surface area (Å²) in [4.78, 5) is 12.2. The van der Waals surface area contributed by atoms with Crippen molar-refractivity contribution in [3.63, 3.8) is 0 Å². The fraction of sp³-hybridized carbons (Fsp3) is 0.100. The van der Waals surface area contributed by atoms with E-state index in [1.807, 2.05) is 12.1 Å². The Balaban J connectivity index is 2.11. The van der Waals surface area contributed by atoms with Crippen molar-refractivity contribution in [1.82, 2.24) is 15.0 Å². The molecule has 2 rings (SSSR count). The number of nitrogens with one attached hydrogen (secondary N) is 1. The minimum atomic E-state index is 0.498. The summed E-state index contributed by atoms with van der Waals surface area (Å²) in [7, 11) is 0. The first-order chi connectivity index (χ1) is 7.38. The Morgan fingerprint density at radius 1 is 1.07 bits per heavy atom. The Morgan fingerprint density at radius 3 is 2.60 bits per heavy atom. The van der Waals surface area contributed by atoms with E-state index in [0.29, 0.717) is 12.4 Å². The Hall–Kier alpha value is -2.01. The van der Waals surface area contributed by atoms with E-state index < -0.39 is 0 Å². The number of aromatic nitrogens is 3. The van der Waals surface area contributed by atoms with Gasteiger partial charge in [0.1, 0.15) is 11.6 Å². The lowest BCUT2D eigenvalue weighted by Crippen LogP contribution is -1.99. The summed E-state index contributed by atoms with van der Waals surface area (Å²) in [6, 6.07) is 3.78. The first-order valence-electron chi connectivity index (χ1n) is 4.56. The molecule has 0 spiro atoms. The molecule has 2 heterocycles. The van der Waals surface area contributed by atoms with Crippen LogP contribution in [0.5, 0.6) is 0 Å². The van der Waals surface area contributed by atoms with E-state index >= 15 is 0 Å². The van der Waals surface area contributed by atoms with Crippen LogP contribution in [-0.2, 0) is 6.54 Å². The number of pyridine rings is 1. The van der Waals surface area contributed by atoms with Gasteiger partial charge in [-0.15, -0.1) is 0 Å². The average molecular weight is 201 g/mol. The molecule has 0 aromatic carbocycles. The molecule has 3 N–H and O–H groups in total. The van der Waals surface area contributed by atoms with Gasteiger partial charge in [-0.2, -0.15) is 0 Å². The van der Waals surface area contributed by atoms with Crippen molar-refractivity contribution < 1.29 is 0 Å². The highest BCUT2D eigenvalue weighted by Gasteiger charge is 1.96. The molecule has 0 bridgehead atoms. The topological polar surface area (TPSA) is 76.7 Å². The van der Waals surface area contributed by atoms with Crippen molar-refractivity contribution in [3.8, 4) is 0 Å². The second-order valence-corrected chi connectivity index (χ2v) is 2.97. The van der Waals surface area contributed by atoms with Gasteiger partial charge in [0.25, 0.3) is 0 Å². The minimum absolute atomic E-state index is 0.498. The maximum atomic E-state index is 5.47. The number of hydrogen-bond acceptors (Lipinski definition) is 5. The molecule has 0 unspecified atom stereocenters. The molecular weight excluding hydrogens is 190 g/mol. The van der Waals surface area contributed by atoms with Gasteiger partial charge in [0.05, 0.1) is 6.20 Å². The fourth-order valence-electron chi connectivity index (χ4n) is 1.11. The predicted molar refractivity (Wildman–Crippen MR) is 57.4 cm³/mol. The summed E-state index contributed by atoms with van der Waals surface area (Å²) in [5.41, 5.74) is 6.47. The number of hydrogen-bond donors (Lipinski definition) is 2. The lowest BCUT2D eigenvalue weighted by molar-refractivity contribution is 1.05. The first-order valence-corrected chi connectivity index (χ1v) is 4.56. The van der Waals surface area contributed by atoms with Crippen LogP contribution < -0.4 is 11.1 Å². The van der Waals surface area contributed by atoms with E-state index in [0.717, 1.165) is 11.4 Å². The molecule has 0 aliphatic rings. The molecule has 0 atom stereocenters. The van der Waals surface area contributed by atoms with Crippen LogP contribution in [0.15, 0.2) is 36.9 Å². The number of nitrogens with two attached hydrogens (primary N) is 1. The van der Waals surface area contributed by atoms with Crippen LogP contribution in [0, 0.1) is 0 Å². The lowest BCUT2D eigenvalue weighted by atomic mass is 10.3. The van der Waals surface area contributed by atoms with Crippen LogP contribution in [-0.4, -0.2) is 15.0 Å². The Labute approximate surface area is 87.4 Å². The van der Waals surface area contributed by atoms with Gasteiger partial charge in [0.2, 0.25) is 0 Å². The highest BCUT2D eigenvalue weighted by molar-refractivity contribution is 5.49. The van der Waals surface area contributed by atoms with Crippen molar-refractivity contribution in [3.05, 3.63) is 42.5 Å². The lowest BCUT2D eigenvalue weighted by Gasteiger charge is -2.03. The van der Waals surface area contributed by atoms with Crippen LogP contribution in [0.25, 0.3) is 0 Å². The Bertz CT molecular complexity index is 412. The summed E-state index contributed by atoms with van der Waals surface area (Å²) in [5.74, 6) is 1.40. The van der Waals surface area contributed by atoms with Crippen molar-refractivity contribution >= 4 is 11.6 Å². The third kappa shape index (κ3) is 2.47. The van der Waals surface area contributed by atoms with Gasteiger partial charge < -0.3 is 11.1 Å². The van der Waals surface area contributed by atoms with Crippen molar-refractivity contribution in [2.75, 3.05) is 5.32 Å². The van der Waals surface area contributed by atoms with E-state index in [4.69, 9.17) is 5.73 Å². The van der Waals surface area contributed by atoms with E-state index in [1.165, 1.54) is 0 Å². The molecule has 0 saturated carbocycles.